The molecule has 0 spiro atoms. The Morgan fingerprint density at radius 1 is 1.55 bits per heavy atom. The summed E-state index contributed by atoms with van der Waals surface area (Å²) in [6.07, 6.45) is 1.66. The van der Waals surface area contributed by atoms with Gasteiger partial charge < -0.3 is 15.2 Å². The molecule has 7 heteroatoms. The summed E-state index contributed by atoms with van der Waals surface area (Å²) in [4.78, 5) is 12.3. The molecule has 0 saturated heterocycles. The van der Waals surface area contributed by atoms with Gasteiger partial charge in [0, 0.05) is 18.3 Å². The van der Waals surface area contributed by atoms with E-state index in [-0.39, 0.29) is 23.4 Å². The molecule has 6 nitrogen and oxygen atoms in total. The number of aromatic hydroxyl groups is 1. The Kier molecular flexibility index (Phi) is 5.05. The number of ether oxygens (including phenoxy) is 1. The van der Waals surface area contributed by atoms with E-state index in [1.807, 2.05) is 6.92 Å². The van der Waals surface area contributed by atoms with Gasteiger partial charge in [0.05, 0.1) is 29.6 Å². The Morgan fingerprint density at radius 2 is 2.27 bits per heavy atom. The van der Waals surface area contributed by atoms with Crippen molar-refractivity contribution in [3.8, 4) is 5.75 Å². The molecule has 0 saturated carbocycles. The van der Waals surface area contributed by atoms with Crippen LogP contribution in [0.3, 0.4) is 0 Å². The molecular weight excluding hydrogens is 306 g/mol. The summed E-state index contributed by atoms with van der Waals surface area (Å²) in [5, 5.41) is 17.1. The van der Waals surface area contributed by atoms with Crippen LogP contribution in [0.5, 0.6) is 5.75 Å². The molecule has 1 unspecified atom stereocenters. The molecule has 2 rings (SSSR count). The maximum atomic E-state index is 12.3. The second kappa shape index (κ2) is 6.81. The number of amides is 1. The summed E-state index contributed by atoms with van der Waals surface area (Å²) in [6.45, 7) is 4.19. The van der Waals surface area contributed by atoms with Crippen LogP contribution in [-0.2, 0) is 4.74 Å². The number of anilines is 1. The van der Waals surface area contributed by atoms with Crippen LogP contribution in [0.2, 0.25) is 5.02 Å². The first kappa shape index (κ1) is 16.3. The molecule has 0 aliphatic rings. The Labute approximate surface area is 133 Å². The number of carbonyl (C=O) groups excluding carboxylic acids is 1. The van der Waals surface area contributed by atoms with E-state index in [0.29, 0.717) is 22.9 Å². The molecule has 0 fully saturated rings. The van der Waals surface area contributed by atoms with Crippen LogP contribution in [0.15, 0.2) is 24.4 Å². The van der Waals surface area contributed by atoms with Gasteiger partial charge in [0.2, 0.25) is 0 Å². The topological polar surface area (TPSA) is 76.4 Å². The van der Waals surface area contributed by atoms with Crippen molar-refractivity contribution in [3.63, 3.8) is 0 Å². The fourth-order valence-electron chi connectivity index (χ4n) is 2.05. The Balaban J connectivity index is 2.21. The quantitative estimate of drug-likeness (QED) is 0.829. The van der Waals surface area contributed by atoms with Gasteiger partial charge in [-0.15, -0.1) is 0 Å². The smallest absolute Gasteiger partial charge is 0.259 e. The number of hydrogen-bond donors (Lipinski definition) is 2. The van der Waals surface area contributed by atoms with E-state index in [1.54, 1.807) is 31.0 Å². The molecule has 1 aromatic carbocycles. The van der Waals surface area contributed by atoms with E-state index < -0.39 is 0 Å². The lowest BCUT2D eigenvalue weighted by atomic mass is 10.2. The predicted molar refractivity (Wildman–Crippen MR) is 84.6 cm³/mol. The lowest BCUT2D eigenvalue weighted by Gasteiger charge is -2.10. The van der Waals surface area contributed by atoms with Crippen molar-refractivity contribution >= 4 is 23.2 Å². The number of aromatic nitrogens is 2. The number of benzene rings is 1. The second-order valence-corrected chi connectivity index (χ2v) is 5.46. The molecule has 1 amide bonds. The van der Waals surface area contributed by atoms with Gasteiger partial charge in [-0.2, -0.15) is 5.10 Å². The monoisotopic (exact) mass is 323 g/mol. The van der Waals surface area contributed by atoms with Crippen molar-refractivity contribution in [2.24, 2.45) is 0 Å². The van der Waals surface area contributed by atoms with Gasteiger partial charge in [0.15, 0.2) is 0 Å². The largest absolute Gasteiger partial charge is 0.506 e. The molecule has 1 heterocycles. The minimum absolute atomic E-state index is 0.0184. The lowest BCUT2D eigenvalue weighted by Crippen LogP contribution is -2.13. The van der Waals surface area contributed by atoms with Gasteiger partial charge in [-0.3, -0.25) is 9.48 Å². The van der Waals surface area contributed by atoms with Crippen LogP contribution in [0, 0.1) is 6.92 Å². The zero-order valence-electron chi connectivity index (χ0n) is 12.6. The maximum absolute atomic E-state index is 12.3. The van der Waals surface area contributed by atoms with Crippen LogP contribution in [0.25, 0.3) is 0 Å². The molecule has 22 heavy (non-hydrogen) atoms. The van der Waals surface area contributed by atoms with Crippen molar-refractivity contribution < 1.29 is 14.6 Å². The molecule has 2 aromatic rings. The number of nitrogens with one attached hydrogen (secondary N) is 1. The highest BCUT2D eigenvalue weighted by Crippen LogP contribution is 2.27. The normalized spacial score (nSPS) is 12.2. The number of phenols is 1. The van der Waals surface area contributed by atoms with E-state index in [1.165, 1.54) is 12.1 Å². The van der Waals surface area contributed by atoms with Crippen LogP contribution in [0.1, 0.15) is 29.0 Å². The average molecular weight is 324 g/mol. The highest BCUT2D eigenvalue weighted by Gasteiger charge is 2.17. The first-order valence-electron chi connectivity index (χ1n) is 6.77. The molecule has 2 N–H and O–H groups in total. The molecule has 0 bridgehead atoms. The maximum Gasteiger partial charge on any atom is 0.259 e. The fraction of sp³-hybridized carbons (Fsp3) is 0.333. The zero-order chi connectivity index (χ0) is 16.3. The summed E-state index contributed by atoms with van der Waals surface area (Å²) >= 11 is 5.87. The summed E-state index contributed by atoms with van der Waals surface area (Å²) in [6, 6.07) is 4.48. The van der Waals surface area contributed by atoms with E-state index in [4.69, 9.17) is 16.3 Å². The van der Waals surface area contributed by atoms with Crippen LogP contribution >= 0.6 is 11.6 Å². The number of halogens is 1. The van der Waals surface area contributed by atoms with Crippen molar-refractivity contribution in [1.29, 1.82) is 0 Å². The van der Waals surface area contributed by atoms with E-state index in [0.717, 1.165) is 0 Å². The fourth-order valence-corrected chi connectivity index (χ4v) is 2.22. The van der Waals surface area contributed by atoms with Crippen molar-refractivity contribution in [3.05, 3.63) is 40.7 Å². The van der Waals surface area contributed by atoms with Gasteiger partial charge in [0.1, 0.15) is 5.75 Å². The number of nitrogens with zero attached hydrogens (tertiary/aromatic N) is 2. The summed E-state index contributed by atoms with van der Waals surface area (Å²) in [5.74, 6) is -0.401. The summed E-state index contributed by atoms with van der Waals surface area (Å²) in [5.41, 5.74) is 1.29. The van der Waals surface area contributed by atoms with Gasteiger partial charge in [-0.05, 0) is 32.0 Å². The van der Waals surface area contributed by atoms with Crippen LogP contribution < -0.4 is 5.32 Å². The second-order valence-electron chi connectivity index (χ2n) is 5.03. The standard InChI is InChI=1S/C15H18ClN3O3/c1-9(8-22-3)19-7-12(10(2)18-19)15(21)17-13-6-11(16)4-5-14(13)20/h4-7,9,20H,8H2,1-3H3,(H,17,21). The lowest BCUT2D eigenvalue weighted by molar-refractivity contribution is 0.102. The summed E-state index contributed by atoms with van der Waals surface area (Å²) in [7, 11) is 1.61. The first-order chi connectivity index (χ1) is 10.4. The molecule has 0 aliphatic heterocycles. The Morgan fingerprint density at radius 3 is 2.95 bits per heavy atom. The highest BCUT2D eigenvalue weighted by molar-refractivity contribution is 6.31. The van der Waals surface area contributed by atoms with Crippen molar-refractivity contribution in [2.75, 3.05) is 19.0 Å². The SMILES string of the molecule is COCC(C)n1cc(C(=O)Nc2cc(Cl)ccc2O)c(C)n1. The number of hydrogen-bond acceptors (Lipinski definition) is 4. The molecule has 0 radical (unpaired) electrons. The third kappa shape index (κ3) is 3.58. The summed E-state index contributed by atoms with van der Waals surface area (Å²) < 4.78 is 6.77. The first-order valence-corrected chi connectivity index (χ1v) is 7.14. The minimum Gasteiger partial charge on any atom is -0.506 e. The van der Waals surface area contributed by atoms with E-state index in [2.05, 4.69) is 10.4 Å². The Bertz CT molecular complexity index is 685. The van der Waals surface area contributed by atoms with Crippen molar-refractivity contribution in [2.45, 2.75) is 19.9 Å². The minimum atomic E-state index is -0.356. The average Bonchev–Trinajstić information content (AvgIpc) is 2.85. The molecule has 1 atom stereocenters. The van der Waals surface area contributed by atoms with Crippen LogP contribution in [-0.4, -0.2) is 34.5 Å². The van der Waals surface area contributed by atoms with Gasteiger partial charge >= 0.3 is 0 Å². The number of methoxy groups -OCH3 is 1. The molecule has 1 aromatic heterocycles. The molecule has 0 aliphatic carbocycles. The highest BCUT2D eigenvalue weighted by atomic mass is 35.5. The van der Waals surface area contributed by atoms with E-state index in [9.17, 15) is 9.90 Å². The van der Waals surface area contributed by atoms with Gasteiger partial charge in [0.25, 0.3) is 5.91 Å². The number of carbonyl (C=O) groups is 1. The third-order valence-corrected chi connectivity index (χ3v) is 3.46. The van der Waals surface area contributed by atoms with Gasteiger partial charge in [-0.1, -0.05) is 11.6 Å². The number of rotatable bonds is 5. The number of aryl methyl sites for hydroxylation is 1. The van der Waals surface area contributed by atoms with Gasteiger partial charge in [-0.25, -0.2) is 0 Å². The van der Waals surface area contributed by atoms with Crippen LogP contribution in [0.4, 0.5) is 5.69 Å². The molecule has 118 valence electrons. The Hall–Kier alpha value is -2.05. The van der Waals surface area contributed by atoms with Crippen molar-refractivity contribution in [1.82, 2.24) is 9.78 Å². The number of phenolic OH excluding ortho intramolecular Hbond substituents is 1. The third-order valence-electron chi connectivity index (χ3n) is 3.23. The zero-order valence-corrected chi connectivity index (χ0v) is 13.4. The molecular formula is C15H18ClN3O3. The van der Waals surface area contributed by atoms with E-state index >= 15 is 0 Å². The predicted octanol–water partition coefficient (Wildman–Crippen LogP) is 3.01.